The van der Waals surface area contributed by atoms with E-state index in [2.05, 4.69) is 0 Å². The molecule has 0 heterocycles. The lowest BCUT2D eigenvalue weighted by Crippen LogP contribution is -2.43. The minimum Gasteiger partial charge on any atom is -0.333 e. The Morgan fingerprint density at radius 3 is 2.27 bits per heavy atom. The van der Waals surface area contributed by atoms with Crippen LogP contribution in [0.5, 0.6) is 0 Å². The summed E-state index contributed by atoms with van der Waals surface area (Å²) in [4.78, 5) is 15.2. The first-order valence-corrected chi connectivity index (χ1v) is 11.2. The second kappa shape index (κ2) is 8.72. The quantitative estimate of drug-likeness (QED) is 0.690. The molecule has 0 N–H and O–H groups in total. The highest BCUT2D eigenvalue weighted by molar-refractivity contribution is 7.89. The van der Waals surface area contributed by atoms with Crippen molar-refractivity contribution in [3.05, 3.63) is 28.8 Å². The van der Waals surface area contributed by atoms with Gasteiger partial charge in [-0.2, -0.15) is 4.31 Å². The minimum absolute atomic E-state index is 0.0321. The summed E-state index contributed by atoms with van der Waals surface area (Å²) >= 11 is 6.29. The van der Waals surface area contributed by atoms with Gasteiger partial charge >= 0.3 is 0 Å². The topological polar surface area (TPSA) is 57.7 Å². The van der Waals surface area contributed by atoms with Crippen molar-refractivity contribution in [2.24, 2.45) is 0 Å². The van der Waals surface area contributed by atoms with Gasteiger partial charge in [0.05, 0.1) is 15.5 Å². The van der Waals surface area contributed by atoms with Crippen LogP contribution in [0.25, 0.3) is 0 Å². The van der Waals surface area contributed by atoms with E-state index < -0.39 is 10.0 Å². The van der Waals surface area contributed by atoms with Crippen LogP contribution < -0.4 is 0 Å². The van der Waals surface area contributed by atoms with Crippen LogP contribution in [-0.4, -0.2) is 48.7 Å². The van der Waals surface area contributed by atoms with Crippen molar-refractivity contribution in [2.45, 2.75) is 70.4 Å². The first-order chi connectivity index (χ1) is 12.2. The van der Waals surface area contributed by atoms with Crippen LogP contribution in [-0.2, 0) is 10.0 Å². The van der Waals surface area contributed by atoms with Crippen molar-refractivity contribution >= 4 is 27.5 Å². The Kier molecular flexibility index (Phi) is 7.11. The van der Waals surface area contributed by atoms with Gasteiger partial charge in [-0.3, -0.25) is 4.79 Å². The summed E-state index contributed by atoms with van der Waals surface area (Å²) in [6.45, 7) is 8.32. The molecule has 0 spiro atoms. The van der Waals surface area contributed by atoms with Crippen LogP contribution in [0.1, 0.15) is 63.7 Å². The van der Waals surface area contributed by atoms with Gasteiger partial charge in [-0.1, -0.05) is 38.3 Å². The summed E-state index contributed by atoms with van der Waals surface area (Å²) in [6.07, 6.45) is 4.20. The van der Waals surface area contributed by atoms with Crippen molar-refractivity contribution in [2.75, 3.05) is 13.1 Å². The van der Waals surface area contributed by atoms with Crippen molar-refractivity contribution in [3.8, 4) is 0 Å². The van der Waals surface area contributed by atoms with E-state index in [4.69, 9.17) is 11.6 Å². The minimum atomic E-state index is -3.64. The molecule has 1 aromatic rings. The summed E-state index contributed by atoms with van der Waals surface area (Å²) in [5.74, 6) is -0.187. The number of carbonyl (C=O) groups excluding carboxylic acids is 1. The van der Waals surface area contributed by atoms with Gasteiger partial charge in [0.1, 0.15) is 0 Å². The molecule has 1 aliphatic carbocycles. The number of rotatable bonds is 7. The highest BCUT2D eigenvalue weighted by atomic mass is 35.5. The standard InChI is InChI=1S/C19H29ClN2O3S/c1-5-21(6-2)26(24,25)16-11-12-18(20)17(13-16)19(23)22(14(3)4)15-9-7-8-10-15/h11-15H,5-10H2,1-4H3. The lowest BCUT2D eigenvalue weighted by atomic mass is 10.1. The highest BCUT2D eigenvalue weighted by Gasteiger charge is 2.31. The highest BCUT2D eigenvalue weighted by Crippen LogP contribution is 2.30. The maximum Gasteiger partial charge on any atom is 0.255 e. The Hall–Kier alpha value is -1.11. The van der Waals surface area contributed by atoms with Gasteiger partial charge in [-0.25, -0.2) is 8.42 Å². The van der Waals surface area contributed by atoms with Gasteiger partial charge < -0.3 is 4.90 Å². The van der Waals surface area contributed by atoms with E-state index >= 15 is 0 Å². The summed E-state index contributed by atoms with van der Waals surface area (Å²) in [5, 5.41) is 0.289. The molecule has 0 aliphatic heterocycles. The van der Waals surface area contributed by atoms with Gasteiger partial charge in [-0.15, -0.1) is 0 Å². The molecule has 7 heteroatoms. The van der Waals surface area contributed by atoms with Crippen molar-refractivity contribution in [3.63, 3.8) is 0 Å². The lowest BCUT2D eigenvalue weighted by molar-refractivity contribution is 0.0613. The summed E-state index contributed by atoms with van der Waals surface area (Å²) in [7, 11) is -3.64. The Bertz CT molecular complexity index is 739. The van der Waals surface area contributed by atoms with E-state index in [9.17, 15) is 13.2 Å². The molecule has 0 atom stereocenters. The smallest absolute Gasteiger partial charge is 0.255 e. The number of sulfonamides is 1. The van der Waals surface area contributed by atoms with Crippen LogP contribution in [0, 0.1) is 0 Å². The molecule has 146 valence electrons. The van der Waals surface area contributed by atoms with Crippen LogP contribution in [0.15, 0.2) is 23.1 Å². The first-order valence-electron chi connectivity index (χ1n) is 9.36. The third-order valence-corrected chi connectivity index (χ3v) is 7.40. The predicted molar refractivity (Wildman–Crippen MR) is 105 cm³/mol. The van der Waals surface area contributed by atoms with E-state index in [0.29, 0.717) is 13.1 Å². The molecule has 0 bridgehead atoms. The average Bonchev–Trinajstić information content (AvgIpc) is 3.09. The Balaban J connectivity index is 2.44. The number of amides is 1. The van der Waals surface area contributed by atoms with E-state index in [1.807, 2.05) is 18.7 Å². The fourth-order valence-electron chi connectivity index (χ4n) is 3.68. The van der Waals surface area contributed by atoms with Crippen molar-refractivity contribution in [1.29, 1.82) is 0 Å². The monoisotopic (exact) mass is 400 g/mol. The second-order valence-electron chi connectivity index (χ2n) is 6.98. The fourth-order valence-corrected chi connectivity index (χ4v) is 5.37. The van der Waals surface area contributed by atoms with Gasteiger partial charge in [0.15, 0.2) is 0 Å². The molecule has 5 nitrogen and oxygen atoms in total. The molecule has 0 radical (unpaired) electrons. The van der Waals surface area contributed by atoms with E-state index in [0.717, 1.165) is 25.7 Å². The van der Waals surface area contributed by atoms with E-state index in [1.54, 1.807) is 13.8 Å². The predicted octanol–water partition coefficient (Wildman–Crippen LogP) is 4.16. The number of carbonyl (C=O) groups is 1. The molecule has 2 rings (SSSR count). The maximum absolute atomic E-state index is 13.2. The largest absolute Gasteiger partial charge is 0.333 e. The van der Waals surface area contributed by atoms with Crippen LogP contribution >= 0.6 is 11.6 Å². The van der Waals surface area contributed by atoms with Gasteiger partial charge in [0, 0.05) is 25.2 Å². The molecule has 1 fully saturated rings. The normalized spacial score (nSPS) is 15.8. The summed E-state index contributed by atoms with van der Waals surface area (Å²) in [6, 6.07) is 4.65. The van der Waals surface area contributed by atoms with Crippen LogP contribution in [0.3, 0.4) is 0 Å². The third kappa shape index (κ3) is 4.24. The molecular formula is C19H29ClN2O3S. The zero-order valence-corrected chi connectivity index (χ0v) is 17.6. The molecule has 0 unspecified atom stereocenters. The molecule has 1 aliphatic rings. The fraction of sp³-hybridized carbons (Fsp3) is 0.632. The van der Waals surface area contributed by atoms with Gasteiger partial charge in [0.25, 0.3) is 5.91 Å². The molecule has 0 aromatic heterocycles. The van der Waals surface area contributed by atoms with Gasteiger partial charge in [0.2, 0.25) is 10.0 Å². The van der Waals surface area contributed by atoms with Crippen LogP contribution in [0.4, 0.5) is 0 Å². The molecule has 0 saturated heterocycles. The lowest BCUT2D eigenvalue weighted by Gasteiger charge is -2.33. The molecule has 1 saturated carbocycles. The number of nitrogens with zero attached hydrogens (tertiary/aromatic N) is 2. The average molecular weight is 401 g/mol. The van der Waals surface area contributed by atoms with Crippen molar-refractivity contribution < 1.29 is 13.2 Å². The number of hydrogen-bond donors (Lipinski definition) is 0. The Labute approximate surface area is 162 Å². The third-order valence-electron chi connectivity index (χ3n) is 5.02. The summed E-state index contributed by atoms with van der Waals surface area (Å²) in [5.41, 5.74) is 0.264. The molecule has 1 amide bonds. The molecular weight excluding hydrogens is 372 g/mol. The maximum atomic E-state index is 13.2. The molecule has 1 aromatic carbocycles. The Morgan fingerprint density at radius 1 is 1.19 bits per heavy atom. The van der Waals surface area contributed by atoms with Gasteiger partial charge in [-0.05, 0) is 44.9 Å². The van der Waals surface area contributed by atoms with Crippen LogP contribution in [0.2, 0.25) is 5.02 Å². The summed E-state index contributed by atoms with van der Waals surface area (Å²) < 4.78 is 27.0. The number of hydrogen-bond acceptors (Lipinski definition) is 3. The molecule has 26 heavy (non-hydrogen) atoms. The Morgan fingerprint density at radius 2 is 1.77 bits per heavy atom. The zero-order chi connectivity index (χ0) is 19.5. The van der Waals surface area contributed by atoms with E-state index in [-0.39, 0.29) is 33.5 Å². The van der Waals surface area contributed by atoms with Crippen molar-refractivity contribution in [1.82, 2.24) is 9.21 Å². The van der Waals surface area contributed by atoms with E-state index in [1.165, 1.54) is 22.5 Å². The second-order valence-corrected chi connectivity index (χ2v) is 9.32. The number of halogens is 1. The zero-order valence-electron chi connectivity index (χ0n) is 16.0. The number of benzene rings is 1. The SMILES string of the molecule is CCN(CC)S(=O)(=O)c1ccc(Cl)c(C(=O)N(C(C)C)C2CCCC2)c1. The first kappa shape index (κ1) is 21.2.